The quantitative estimate of drug-likeness (QED) is 0.614. The van der Waals surface area contributed by atoms with Gasteiger partial charge in [0.15, 0.2) is 11.4 Å². The molecule has 0 bridgehead atoms. The number of nitrogens with zero attached hydrogens (tertiary/aromatic N) is 1. The second-order valence-electron chi connectivity index (χ2n) is 2.88. The van der Waals surface area contributed by atoms with Gasteiger partial charge in [-0.05, 0) is 6.07 Å². The Hall–Kier alpha value is -1.09. The summed E-state index contributed by atoms with van der Waals surface area (Å²) >= 11 is 1.57. The van der Waals surface area contributed by atoms with Crippen LogP contribution in [0.5, 0.6) is 5.75 Å². The molecule has 2 heterocycles. The van der Waals surface area contributed by atoms with Gasteiger partial charge in [0.25, 0.3) is 0 Å². The van der Waals surface area contributed by atoms with Gasteiger partial charge in [-0.2, -0.15) is 0 Å². The molecular formula is C9H10NOS+. The van der Waals surface area contributed by atoms with Crippen LogP contribution in [0.15, 0.2) is 17.5 Å². The first-order chi connectivity index (χ1) is 5.70. The van der Waals surface area contributed by atoms with Crippen molar-refractivity contribution in [1.82, 2.24) is 0 Å². The van der Waals surface area contributed by atoms with Gasteiger partial charge < -0.3 is 5.11 Å². The van der Waals surface area contributed by atoms with E-state index >= 15 is 0 Å². The number of hydrogen-bond acceptors (Lipinski definition) is 2. The monoisotopic (exact) mass is 180 g/mol. The normalized spacial score (nSPS) is 10.8. The molecule has 0 atom stereocenters. The van der Waals surface area contributed by atoms with Gasteiger partial charge in [0.05, 0.1) is 5.38 Å². The lowest BCUT2D eigenvalue weighted by Gasteiger charge is -1.91. The molecule has 2 aromatic rings. The molecule has 0 aliphatic heterocycles. The summed E-state index contributed by atoms with van der Waals surface area (Å²) in [6.45, 7) is 4.07. The van der Waals surface area contributed by atoms with Crippen molar-refractivity contribution in [3.63, 3.8) is 0 Å². The Morgan fingerprint density at radius 2 is 2.00 bits per heavy atom. The SMILES string of the molecule is Cc1ccc(O)c2scc(C)[n+]12. The molecule has 2 rings (SSSR count). The van der Waals surface area contributed by atoms with Gasteiger partial charge >= 0.3 is 4.83 Å². The molecule has 2 nitrogen and oxygen atoms in total. The molecule has 1 N–H and O–H groups in total. The third-order valence-electron chi connectivity index (χ3n) is 1.95. The summed E-state index contributed by atoms with van der Waals surface area (Å²) in [5.41, 5.74) is 2.32. The Bertz CT molecular complexity index is 433. The molecule has 0 saturated heterocycles. The van der Waals surface area contributed by atoms with Crippen LogP contribution >= 0.6 is 11.3 Å². The average molecular weight is 180 g/mol. The first-order valence-corrected chi connectivity index (χ1v) is 4.66. The van der Waals surface area contributed by atoms with E-state index in [0.717, 1.165) is 10.5 Å². The molecule has 0 aliphatic carbocycles. The van der Waals surface area contributed by atoms with Crippen LogP contribution in [-0.4, -0.2) is 5.11 Å². The molecule has 12 heavy (non-hydrogen) atoms. The first-order valence-electron chi connectivity index (χ1n) is 3.78. The van der Waals surface area contributed by atoms with E-state index in [0.29, 0.717) is 5.75 Å². The fraction of sp³-hybridized carbons (Fsp3) is 0.222. The highest BCUT2D eigenvalue weighted by Crippen LogP contribution is 2.20. The van der Waals surface area contributed by atoms with E-state index in [1.165, 1.54) is 5.69 Å². The fourth-order valence-electron chi connectivity index (χ4n) is 1.37. The Labute approximate surface area is 74.7 Å². The van der Waals surface area contributed by atoms with Crippen molar-refractivity contribution in [2.24, 2.45) is 0 Å². The largest absolute Gasteiger partial charge is 0.502 e. The number of hydrogen-bond donors (Lipinski definition) is 1. The van der Waals surface area contributed by atoms with Gasteiger partial charge in [0, 0.05) is 19.9 Å². The summed E-state index contributed by atoms with van der Waals surface area (Å²) in [7, 11) is 0. The number of thiazole rings is 1. The van der Waals surface area contributed by atoms with Gasteiger partial charge in [-0.1, -0.05) is 11.3 Å². The predicted octanol–water partition coefficient (Wildman–Crippen LogP) is 1.81. The smallest absolute Gasteiger partial charge is 0.309 e. The maximum Gasteiger partial charge on any atom is 0.309 e. The molecule has 0 saturated carbocycles. The molecule has 0 aliphatic rings. The minimum atomic E-state index is 0.360. The Kier molecular flexibility index (Phi) is 1.54. The van der Waals surface area contributed by atoms with E-state index in [1.54, 1.807) is 17.4 Å². The standard InChI is InChI=1S/C9H9NOS/c1-6-3-4-8(11)9-10(6)7(2)5-12-9/h3-5H,1-2H3/p+1. The molecule has 0 aromatic carbocycles. The number of aromatic hydroxyl groups is 1. The Morgan fingerprint density at radius 3 is 2.67 bits per heavy atom. The summed E-state index contributed by atoms with van der Waals surface area (Å²) in [5, 5.41) is 11.5. The van der Waals surface area contributed by atoms with Crippen LogP contribution in [0.25, 0.3) is 4.83 Å². The van der Waals surface area contributed by atoms with Crippen molar-refractivity contribution in [1.29, 1.82) is 0 Å². The Morgan fingerprint density at radius 1 is 1.25 bits per heavy atom. The zero-order chi connectivity index (χ0) is 8.72. The van der Waals surface area contributed by atoms with Crippen molar-refractivity contribution < 1.29 is 9.51 Å². The van der Waals surface area contributed by atoms with Crippen LogP contribution < -0.4 is 4.40 Å². The predicted molar refractivity (Wildman–Crippen MR) is 48.6 cm³/mol. The topological polar surface area (TPSA) is 24.3 Å². The summed E-state index contributed by atoms with van der Waals surface area (Å²) < 4.78 is 2.06. The van der Waals surface area contributed by atoms with Gasteiger partial charge in [-0.3, -0.25) is 0 Å². The molecule has 0 radical (unpaired) electrons. The van der Waals surface area contributed by atoms with Crippen LogP contribution in [0, 0.1) is 13.8 Å². The highest BCUT2D eigenvalue weighted by molar-refractivity contribution is 7.15. The number of aryl methyl sites for hydroxylation is 2. The number of fused-ring (bicyclic) bond motifs is 1. The van der Waals surface area contributed by atoms with Gasteiger partial charge in [0.1, 0.15) is 0 Å². The third kappa shape index (κ3) is 0.898. The van der Waals surface area contributed by atoms with Crippen molar-refractivity contribution in [3.05, 3.63) is 28.9 Å². The van der Waals surface area contributed by atoms with Crippen molar-refractivity contribution in [2.75, 3.05) is 0 Å². The summed E-state index contributed by atoms with van der Waals surface area (Å²) in [4.78, 5) is 0.924. The van der Waals surface area contributed by atoms with E-state index < -0.39 is 0 Å². The highest BCUT2D eigenvalue weighted by Gasteiger charge is 2.15. The Balaban J connectivity index is 2.98. The lowest BCUT2D eigenvalue weighted by molar-refractivity contribution is -0.523. The van der Waals surface area contributed by atoms with E-state index in [2.05, 4.69) is 4.40 Å². The van der Waals surface area contributed by atoms with E-state index in [1.807, 2.05) is 25.3 Å². The average Bonchev–Trinajstić information content (AvgIpc) is 2.42. The molecule has 0 amide bonds. The summed E-state index contributed by atoms with van der Waals surface area (Å²) in [6, 6.07) is 3.66. The number of rotatable bonds is 0. The number of aromatic nitrogens is 1. The second-order valence-corrected chi connectivity index (χ2v) is 3.74. The minimum absolute atomic E-state index is 0.360. The first kappa shape index (κ1) is 7.55. The van der Waals surface area contributed by atoms with Gasteiger partial charge in [0.2, 0.25) is 5.75 Å². The highest BCUT2D eigenvalue weighted by atomic mass is 32.1. The lowest BCUT2D eigenvalue weighted by Crippen LogP contribution is -2.25. The third-order valence-corrected chi connectivity index (χ3v) is 3.03. The van der Waals surface area contributed by atoms with Crippen LogP contribution in [0.3, 0.4) is 0 Å². The molecule has 0 fully saturated rings. The lowest BCUT2D eigenvalue weighted by atomic mass is 10.3. The van der Waals surface area contributed by atoms with Gasteiger partial charge in [-0.25, -0.2) is 0 Å². The van der Waals surface area contributed by atoms with Crippen molar-refractivity contribution in [3.8, 4) is 5.75 Å². The van der Waals surface area contributed by atoms with E-state index in [4.69, 9.17) is 0 Å². The van der Waals surface area contributed by atoms with Crippen molar-refractivity contribution >= 4 is 16.2 Å². The maximum atomic E-state index is 9.50. The second kappa shape index (κ2) is 2.45. The molecule has 2 aromatic heterocycles. The van der Waals surface area contributed by atoms with Crippen LogP contribution in [0.2, 0.25) is 0 Å². The number of pyridine rings is 1. The molecule has 0 spiro atoms. The minimum Gasteiger partial charge on any atom is -0.502 e. The zero-order valence-corrected chi connectivity index (χ0v) is 7.85. The van der Waals surface area contributed by atoms with Crippen LogP contribution in [0.4, 0.5) is 0 Å². The zero-order valence-electron chi connectivity index (χ0n) is 7.03. The molecule has 0 unspecified atom stereocenters. The van der Waals surface area contributed by atoms with E-state index in [9.17, 15) is 5.11 Å². The fourth-order valence-corrected chi connectivity index (χ4v) is 2.34. The maximum absolute atomic E-state index is 9.50. The summed E-state index contributed by atoms with van der Waals surface area (Å²) in [5.74, 6) is 0.360. The van der Waals surface area contributed by atoms with E-state index in [-0.39, 0.29) is 0 Å². The van der Waals surface area contributed by atoms with Crippen LogP contribution in [0.1, 0.15) is 11.4 Å². The van der Waals surface area contributed by atoms with Crippen molar-refractivity contribution in [2.45, 2.75) is 13.8 Å². The summed E-state index contributed by atoms with van der Waals surface area (Å²) in [6.07, 6.45) is 0. The molecule has 62 valence electrons. The molecular weight excluding hydrogens is 170 g/mol. The van der Waals surface area contributed by atoms with Gasteiger partial charge in [-0.15, -0.1) is 4.40 Å². The van der Waals surface area contributed by atoms with Crippen LogP contribution in [-0.2, 0) is 0 Å². The molecule has 3 heteroatoms.